The fraction of sp³-hybridized carbons (Fsp3) is 0. The maximum absolute atomic E-state index is 13.2. The van der Waals surface area contributed by atoms with Gasteiger partial charge >= 0.3 is 0 Å². The van der Waals surface area contributed by atoms with Gasteiger partial charge < -0.3 is 0 Å². The van der Waals surface area contributed by atoms with Gasteiger partial charge in [-0.15, -0.1) is 0 Å². The van der Waals surface area contributed by atoms with E-state index in [2.05, 4.69) is 4.98 Å². The van der Waals surface area contributed by atoms with E-state index in [1.54, 1.807) is 12.1 Å². The van der Waals surface area contributed by atoms with Crippen LogP contribution in [-0.4, -0.2) is 4.98 Å². The van der Waals surface area contributed by atoms with Gasteiger partial charge in [-0.05, 0) is 24.3 Å². The summed E-state index contributed by atoms with van der Waals surface area (Å²) < 4.78 is 13.2. The van der Waals surface area contributed by atoms with Crippen LogP contribution < -0.4 is 0 Å². The Bertz CT molecular complexity index is 470. The third kappa shape index (κ3) is 1.47. The molecule has 0 radical (unpaired) electrons. The van der Waals surface area contributed by atoms with E-state index in [0.717, 1.165) is 0 Å². The normalized spacial score (nSPS) is 10.7. The molecule has 0 saturated carbocycles. The van der Waals surface area contributed by atoms with Crippen LogP contribution in [0.15, 0.2) is 24.3 Å². The minimum Gasteiger partial charge on any atom is -0.233 e. The zero-order valence-corrected chi connectivity index (χ0v) is 7.90. The van der Waals surface area contributed by atoms with Crippen LogP contribution in [-0.2, 0) is 0 Å². The van der Waals surface area contributed by atoms with Crippen LogP contribution >= 0.6 is 23.2 Å². The summed E-state index contributed by atoms with van der Waals surface area (Å²) in [6.45, 7) is 0. The molecular formula is C9H4Cl2FN. The average molecular weight is 216 g/mol. The summed E-state index contributed by atoms with van der Waals surface area (Å²) in [5.41, 5.74) is 0.208. The van der Waals surface area contributed by atoms with Crippen molar-refractivity contribution in [2.45, 2.75) is 0 Å². The number of fused-ring (bicyclic) bond motifs is 1. The van der Waals surface area contributed by atoms with Crippen molar-refractivity contribution in [3.8, 4) is 0 Å². The van der Waals surface area contributed by atoms with Crippen molar-refractivity contribution < 1.29 is 4.39 Å². The molecule has 0 N–H and O–H groups in total. The van der Waals surface area contributed by atoms with Gasteiger partial charge in [0.2, 0.25) is 0 Å². The number of nitrogens with zero attached hydrogens (tertiary/aromatic N) is 1. The third-order valence-electron chi connectivity index (χ3n) is 1.72. The summed E-state index contributed by atoms with van der Waals surface area (Å²) >= 11 is 11.5. The molecule has 0 spiro atoms. The molecule has 0 aliphatic rings. The standard InChI is InChI=1S/C9H4Cl2FN/c10-6-2-3-7(12)9-5(6)1-4-8(11)13-9/h1-4H. The Morgan fingerprint density at radius 1 is 1.08 bits per heavy atom. The molecule has 4 heteroatoms. The molecule has 0 saturated heterocycles. The Kier molecular flexibility index (Phi) is 2.10. The molecule has 0 amide bonds. The molecule has 1 heterocycles. The largest absolute Gasteiger partial charge is 0.233 e. The maximum atomic E-state index is 13.2. The number of hydrogen-bond acceptors (Lipinski definition) is 1. The number of aromatic nitrogens is 1. The summed E-state index contributed by atoms with van der Waals surface area (Å²) in [6, 6.07) is 5.99. The SMILES string of the molecule is Fc1ccc(Cl)c2ccc(Cl)nc12. The maximum Gasteiger partial charge on any atom is 0.149 e. The average Bonchev–Trinajstić information content (AvgIpc) is 2.12. The molecule has 0 aliphatic carbocycles. The Morgan fingerprint density at radius 3 is 2.62 bits per heavy atom. The van der Waals surface area contributed by atoms with Gasteiger partial charge in [0.15, 0.2) is 0 Å². The molecule has 1 aromatic heterocycles. The summed E-state index contributed by atoms with van der Waals surface area (Å²) in [4.78, 5) is 3.84. The molecule has 2 rings (SSSR count). The molecule has 1 nitrogen and oxygen atoms in total. The van der Waals surface area contributed by atoms with Crippen LogP contribution in [0.2, 0.25) is 10.2 Å². The molecule has 0 aliphatic heterocycles. The van der Waals surface area contributed by atoms with Gasteiger partial charge in [-0.25, -0.2) is 9.37 Å². The van der Waals surface area contributed by atoms with E-state index in [4.69, 9.17) is 23.2 Å². The molecule has 13 heavy (non-hydrogen) atoms. The van der Waals surface area contributed by atoms with E-state index in [-0.39, 0.29) is 10.7 Å². The first-order valence-corrected chi connectivity index (χ1v) is 4.34. The van der Waals surface area contributed by atoms with Gasteiger partial charge in [0.05, 0.1) is 5.02 Å². The lowest BCUT2D eigenvalue weighted by Crippen LogP contribution is -1.85. The molecule has 2 aromatic rings. The number of rotatable bonds is 0. The summed E-state index contributed by atoms with van der Waals surface area (Å²) in [5.74, 6) is -0.415. The Balaban J connectivity index is 2.92. The van der Waals surface area contributed by atoms with E-state index in [1.165, 1.54) is 12.1 Å². The highest BCUT2D eigenvalue weighted by Crippen LogP contribution is 2.25. The lowest BCUT2D eigenvalue weighted by atomic mass is 10.2. The second-order valence-corrected chi connectivity index (χ2v) is 3.35. The van der Waals surface area contributed by atoms with Gasteiger partial charge in [-0.1, -0.05) is 23.2 Å². The summed E-state index contributed by atoms with van der Waals surface area (Å²) in [7, 11) is 0. The van der Waals surface area contributed by atoms with Gasteiger partial charge in [-0.3, -0.25) is 0 Å². The lowest BCUT2D eigenvalue weighted by molar-refractivity contribution is 0.637. The highest BCUT2D eigenvalue weighted by atomic mass is 35.5. The first kappa shape index (κ1) is 8.73. The topological polar surface area (TPSA) is 12.9 Å². The van der Waals surface area contributed by atoms with E-state index >= 15 is 0 Å². The van der Waals surface area contributed by atoms with Crippen molar-refractivity contribution >= 4 is 34.1 Å². The van der Waals surface area contributed by atoms with Gasteiger partial charge in [0.1, 0.15) is 16.5 Å². The van der Waals surface area contributed by atoms with Crippen molar-refractivity contribution in [1.82, 2.24) is 4.98 Å². The summed E-state index contributed by atoms with van der Waals surface area (Å²) in [5, 5.41) is 1.31. The van der Waals surface area contributed by atoms with Crippen molar-refractivity contribution in [2.24, 2.45) is 0 Å². The van der Waals surface area contributed by atoms with E-state index in [9.17, 15) is 4.39 Å². The van der Waals surface area contributed by atoms with E-state index in [0.29, 0.717) is 10.4 Å². The number of halogens is 3. The predicted molar refractivity (Wildman–Crippen MR) is 51.7 cm³/mol. The lowest BCUT2D eigenvalue weighted by Gasteiger charge is -2.00. The minimum atomic E-state index is -0.415. The number of hydrogen-bond donors (Lipinski definition) is 0. The van der Waals surface area contributed by atoms with Crippen LogP contribution in [0.4, 0.5) is 4.39 Å². The van der Waals surface area contributed by atoms with Gasteiger partial charge in [0, 0.05) is 5.39 Å². The van der Waals surface area contributed by atoms with E-state index in [1.807, 2.05) is 0 Å². The molecule has 1 aromatic carbocycles. The zero-order chi connectivity index (χ0) is 9.42. The Hall–Kier alpha value is -0.860. The fourth-order valence-corrected chi connectivity index (χ4v) is 1.49. The predicted octanol–water partition coefficient (Wildman–Crippen LogP) is 3.68. The minimum absolute atomic E-state index is 0.208. The molecule has 66 valence electrons. The quantitative estimate of drug-likeness (QED) is 0.612. The van der Waals surface area contributed by atoms with Crippen molar-refractivity contribution in [3.05, 3.63) is 40.3 Å². The Morgan fingerprint density at radius 2 is 1.85 bits per heavy atom. The molecular weight excluding hydrogens is 212 g/mol. The van der Waals surface area contributed by atoms with Crippen LogP contribution in [0.5, 0.6) is 0 Å². The van der Waals surface area contributed by atoms with Gasteiger partial charge in [0.25, 0.3) is 0 Å². The monoisotopic (exact) mass is 215 g/mol. The second kappa shape index (κ2) is 3.13. The third-order valence-corrected chi connectivity index (χ3v) is 2.26. The summed E-state index contributed by atoms with van der Waals surface area (Å²) in [6.07, 6.45) is 0. The van der Waals surface area contributed by atoms with Crippen molar-refractivity contribution in [3.63, 3.8) is 0 Å². The molecule has 0 bridgehead atoms. The highest BCUT2D eigenvalue weighted by Gasteiger charge is 2.05. The van der Waals surface area contributed by atoms with Crippen molar-refractivity contribution in [1.29, 1.82) is 0 Å². The first-order chi connectivity index (χ1) is 6.18. The van der Waals surface area contributed by atoms with Crippen molar-refractivity contribution in [2.75, 3.05) is 0 Å². The van der Waals surface area contributed by atoms with Crippen LogP contribution in [0, 0.1) is 5.82 Å². The molecule has 0 unspecified atom stereocenters. The Labute approximate surface area is 84.1 Å². The highest BCUT2D eigenvalue weighted by molar-refractivity contribution is 6.35. The van der Waals surface area contributed by atoms with Crippen LogP contribution in [0.3, 0.4) is 0 Å². The van der Waals surface area contributed by atoms with Crippen LogP contribution in [0.1, 0.15) is 0 Å². The second-order valence-electron chi connectivity index (χ2n) is 2.56. The number of pyridine rings is 1. The van der Waals surface area contributed by atoms with E-state index < -0.39 is 5.82 Å². The fourth-order valence-electron chi connectivity index (χ4n) is 1.13. The van der Waals surface area contributed by atoms with Gasteiger partial charge in [-0.2, -0.15) is 0 Å². The van der Waals surface area contributed by atoms with Crippen LogP contribution in [0.25, 0.3) is 10.9 Å². The molecule has 0 fully saturated rings. The first-order valence-electron chi connectivity index (χ1n) is 3.59. The molecule has 0 atom stereocenters. The zero-order valence-electron chi connectivity index (χ0n) is 6.39. The number of benzene rings is 1. The smallest absolute Gasteiger partial charge is 0.149 e.